The number of aromatic nitrogens is 2. The Balaban J connectivity index is 0.000000491. The van der Waals surface area contributed by atoms with E-state index >= 15 is 0 Å². The molecule has 0 saturated carbocycles. The highest BCUT2D eigenvalue weighted by Crippen LogP contribution is 2.31. The first-order valence-corrected chi connectivity index (χ1v) is 11.8. The van der Waals surface area contributed by atoms with Crippen molar-refractivity contribution in [3.05, 3.63) is 64.1 Å². The van der Waals surface area contributed by atoms with Crippen molar-refractivity contribution in [1.29, 1.82) is 0 Å². The molecule has 0 aliphatic carbocycles. The summed E-state index contributed by atoms with van der Waals surface area (Å²) in [5.41, 5.74) is 2.11. The SMILES string of the molecule is Clc1ccc(-c2nc(N3CCOCC3)s[n+]2Cc2ccccc2)c(Cl)c1.[O-][Cl+3]([O-])([O-])[O-]. The van der Waals surface area contributed by atoms with Gasteiger partial charge in [0.1, 0.15) is 18.1 Å². The van der Waals surface area contributed by atoms with Gasteiger partial charge < -0.3 is 9.64 Å². The molecule has 0 spiro atoms. The first-order valence-electron chi connectivity index (χ1n) is 9.05. The fourth-order valence-corrected chi connectivity index (χ4v) is 4.47. The van der Waals surface area contributed by atoms with Gasteiger partial charge in [0, 0.05) is 18.1 Å². The Labute approximate surface area is 195 Å². The van der Waals surface area contributed by atoms with Gasteiger partial charge >= 0.3 is 11.0 Å². The van der Waals surface area contributed by atoms with Gasteiger partial charge in [-0.1, -0.05) is 53.5 Å². The molecular weight excluding hydrogens is 489 g/mol. The Kier molecular flexibility index (Phi) is 8.45. The topological polar surface area (TPSA) is 121 Å². The van der Waals surface area contributed by atoms with Crippen LogP contribution in [0.2, 0.25) is 10.0 Å². The van der Waals surface area contributed by atoms with E-state index in [1.807, 2.05) is 18.2 Å². The second kappa shape index (κ2) is 10.9. The molecule has 1 saturated heterocycles. The van der Waals surface area contributed by atoms with E-state index in [0.29, 0.717) is 10.0 Å². The van der Waals surface area contributed by atoms with Crippen LogP contribution < -0.4 is 27.5 Å². The summed E-state index contributed by atoms with van der Waals surface area (Å²) >= 11 is 14.2. The molecule has 4 rings (SSSR count). The van der Waals surface area contributed by atoms with Gasteiger partial charge in [-0.3, -0.25) is 0 Å². The Hall–Kier alpha value is -1.53. The highest BCUT2D eigenvalue weighted by molar-refractivity contribution is 7.06. The number of rotatable bonds is 4. The van der Waals surface area contributed by atoms with Gasteiger partial charge in [-0.15, -0.1) is 10.2 Å². The maximum atomic E-state index is 8.49. The van der Waals surface area contributed by atoms with Crippen molar-refractivity contribution in [2.75, 3.05) is 31.2 Å². The lowest BCUT2D eigenvalue weighted by Gasteiger charge is -2.23. The zero-order valence-corrected chi connectivity index (χ0v) is 19.2. The monoisotopic (exact) mass is 505 g/mol. The third-order valence-corrected chi connectivity index (χ3v) is 5.84. The number of nitrogens with zero attached hydrogens (tertiary/aromatic N) is 3. The van der Waals surface area contributed by atoms with Crippen molar-refractivity contribution in [1.82, 2.24) is 4.98 Å². The largest absolute Gasteiger partial charge is 0.378 e. The van der Waals surface area contributed by atoms with E-state index < -0.39 is 10.2 Å². The van der Waals surface area contributed by atoms with Crippen LogP contribution >= 0.6 is 34.7 Å². The Bertz CT molecular complexity index is 989. The highest BCUT2D eigenvalue weighted by atomic mass is 35.7. The summed E-state index contributed by atoms with van der Waals surface area (Å²) in [5.74, 6) is 0.863. The molecule has 1 aliphatic heterocycles. The lowest BCUT2D eigenvalue weighted by atomic mass is 10.2. The third kappa shape index (κ3) is 7.53. The van der Waals surface area contributed by atoms with Gasteiger partial charge in [-0.2, -0.15) is 3.96 Å². The minimum absolute atomic E-state index is 0.609. The normalized spacial score (nSPS) is 14.2. The fraction of sp³-hybridized carbons (Fsp3) is 0.263. The molecule has 0 radical (unpaired) electrons. The first-order chi connectivity index (χ1) is 14.7. The van der Waals surface area contributed by atoms with Crippen molar-refractivity contribution in [2.24, 2.45) is 0 Å². The van der Waals surface area contributed by atoms with Crippen molar-refractivity contribution >= 4 is 39.9 Å². The predicted octanol–water partition coefficient (Wildman–Crippen LogP) is -0.467. The first kappa shape index (κ1) is 24.1. The number of anilines is 1. The number of halogens is 3. The molecule has 166 valence electrons. The third-order valence-electron chi connectivity index (χ3n) is 4.25. The molecule has 0 bridgehead atoms. The second-order valence-electron chi connectivity index (χ2n) is 6.43. The van der Waals surface area contributed by atoms with Crippen LogP contribution in [0.1, 0.15) is 5.56 Å². The summed E-state index contributed by atoms with van der Waals surface area (Å²) in [4.78, 5) is 7.18. The van der Waals surface area contributed by atoms with Crippen molar-refractivity contribution in [3.8, 4) is 11.4 Å². The zero-order valence-electron chi connectivity index (χ0n) is 16.1. The van der Waals surface area contributed by atoms with E-state index in [4.69, 9.17) is 51.6 Å². The Morgan fingerprint density at radius 3 is 2.29 bits per heavy atom. The van der Waals surface area contributed by atoms with Gasteiger partial charge in [-0.25, -0.2) is 18.6 Å². The summed E-state index contributed by atoms with van der Waals surface area (Å²) in [7, 11) is -4.94. The molecule has 3 aromatic rings. The standard InChI is InChI=1S/C19H18Cl2N3OS.ClHO4/c20-15-6-7-16(17(21)12-15)18-22-19(23-8-10-25-11-9-23)26-24(18)13-14-4-2-1-3-5-14;2-1(3,4)5/h1-7,12H,8-11,13H2;(H,2,3,4,5)/q+1;/p-1. The van der Waals surface area contributed by atoms with Crippen LogP contribution in [0.25, 0.3) is 11.4 Å². The smallest absolute Gasteiger partial charge is 0.347 e. The lowest BCUT2D eigenvalue weighted by Crippen LogP contribution is -2.68. The lowest BCUT2D eigenvalue weighted by molar-refractivity contribution is -2.00. The maximum Gasteiger partial charge on any atom is 0.347 e. The molecule has 0 unspecified atom stereocenters. The van der Waals surface area contributed by atoms with Crippen LogP contribution in [-0.2, 0) is 11.3 Å². The number of benzene rings is 2. The zero-order chi connectivity index (χ0) is 22.4. The fourth-order valence-electron chi connectivity index (χ4n) is 2.91. The summed E-state index contributed by atoms with van der Waals surface area (Å²) in [6.45, 7) is 3.92. The average molecular weight is 507 g/mol. The van der Waals surface area contributed by atoms with Gasteiger partial charge in [0.15, 0.2) is 0 Å². The van der Waals surface area contributed by atoms with Crippen LogP contribution in [0.4, 0.5) is 5.13 Å². The molecule has 2 aromatic carbocycles. The minimum Gasteiger partial charge on any atom is -0.378 e. The molecule has 31 heavy (non-hydrogen) atoms. The number of hydrogen-bond donors (Lipinski definition) is 0. The van der Waals surface area contributed by atoms with E-state index in [9.17, 15) is 0 Å². The molecule has 2 heterocycles. The van der Waals surface area contributed by atoms with E-state index in [2.05, 4.69) is 33.1 Å². The molecule has 0 atom stereocenters. The summed E-state index contributed by atoms with van der Waals surface area (Å²) in [6, 6.07) is 15.9. The Morgan fingerprint density at radius 2 is 1.68 bits per heavy atom. The molecule has 1 aliphatic rings. The second-order valence-corrected chi connectivity index (χ2v) is 9.02. The van der Waals surface area contributed by atoms with Crippen LogP contribution in [-0.4, -0.2) is 31.3 Å². The predicted molar refractivity (Wildman–Crippen MR) is 106 cm³/mol. The number of morpholine rings is 1. The van der Waals surface area contributed by atoms with Gasteiger partial charge in [0.05, 0.1) is 23.8 Å². The molecule has 0 amide bonds. The van der Waals surface area contributed by atoms with Gasteiger partial charge in [0.25, 0.3) is 0 Å². The van der Waals surface area contributed by atoms with Crippen molar-refractivity contribution in [2.45, 2.75) is 6.54 Å². The quantitative estimate of drug-likeness (QED) is 0.439. The van der Waals surface area contributed by atoms with E-state index in [0.717, 1.165) is 49.4 Å². The van der Waals surface area contributed by atoms with Crippen LogP contribution in [0.3, 0.4) is 0 Å². The average Bonchev–Trinajstić information content (AvgIpc) is 3.12. The summed E-state index contributed by atoms with van der Waals surface area (Å²) < 4.78 is 41.6. The molecular formula is C19H18Cl3N3O5S. The van der Waals surface area contributed by atoms with E-state index in [1.54, 1.807) is 17.6 Å². The van der Waals surface area contributed by atoms with E-state index in [1.165, 1.54) is 5.56 Å². The minimum atomic E-state index is -4.94. The molecule has 0 N–H and O–H groups in total. The Morgan fingerprint density at radius 1 is 1.03 bits per heavy atom. The van der Waals surface area contributed by atoms with Crippen molar-refractivity contribution in [3.63, 3.8) is 0 Å². The summed E-state index contributed by atoms with van der Waals surface area (Å²) in [5, 5.41) is 2.22. The van der Waals surface area contributed by atoms with Crippen LogP contribution in [0.15, 0.2) is 48.5 Å². The van der Waals surface area contributed by atoms with E-state index in [-0.39, 0.29) is 0 Å². The van der Waals surface area contributed by atoms with Crippen LogP contribution in [0.5, 0.6) is 0 Å². The summed E-state index contributed by atoms with van der Waals surface area (Å²) in [6.07, 6.45) is 0. The molecule has 8 nitrogen and oxygen atoms in total. The molecule has 12 heteroatoms. The number of ether oxygens (including phenoxy) is 1. The van der Waals surface area contributed by atoms with Crippen LogP contribution in [0, 0.1) is 10.2 Å². The van der Waals surface area contributed by atoms with Gasteiger partial charge in [-0.05, 0) is 28.7 Å². The van der Waals surface area contributed by atoms with Gasteiger partial charge in [0.2, 0.25) is 0 Å². The number of hydrogen-bond acceptors (Lipinski definition) is 8. The maximum absolute atomic E-state index is 8.49. The molecule has 1 fully saturated rings. The highest BCUT2D eigenvalue weighted by Gasteiger charge is 2.29. The van der Waals surface area contributed by atoms with Crippen molar-refractivity contribution < 1.29 is 37.6 Å². The molecule has 1 aromatic heterocycles.